The Hall–Kier alpha value is -0.0700. The highest BCUT2D eigenvalue weighted by atomic mass is 79.9. The molecular formula is C13H13Br3NO2. The number of ether oxygens (including phenoxy) is 1. The van der Waals surface area contributed by atoms with E-state index in [1.165, 1.54) is 0 Å². The molecule has 0 N–H and O–H groups in total. The molecule has 0 aliphatic carbocycles. The Labute approximate surface area is 138 Å². The van der Waals surface area contributed by atoms with E-state index >= 15 is 0 Å². The van der Waals surface area contributed by atoms with Gasteiger partial charge < -0.3 is 9.64 Å². The fourth-order valence-corrected chi connectivity index (χ4v) is 4.51. The van der Waals surface area contributed by atoms with Gasteiger partial charge in [-0.25, -0.2) is 0 Å². The number of hydrogen-bond donors (Lipinski definition) is 0. The van der Waals surface area contributed by atoms with Crippen LogP contribution in [-0.2, 0) is 4.79 Å². The maximum Gasteiger partial charge on any atom is 0.223 e. The van der Waals surface area contributed by atoms with Crippen molar-refractivity contribution in [3.8, 4) is 5.75 Å². The van der Waals surface area contributed by atoms with Crippen molar-refractivity contribution in [2.75, 3.05) is 13.1 Å². The van der Waals surface area contributed by atoms with Gasteiger partial charge in [0.25, 0.3) is 0 Å². The Morgan fingerprint density at radius 3 is 2.53 bits per heavy atom. The zero-order valence-electron chi connectivity index (χ0n) is 10.2. The summed E-state index contributed by atoms with van der Waals surface area (Å²) in [5.74, 6) is 0.633. The Balaban J connectivity index is 2.11. The third-order valence-electron chi connectivity index (χ3n) is 2.98. The summed E-state index contributed by atoms with van der Waals surface area (Å²) in [6.45, 7) is 4.82. The number of benzene rings is 1. The maximum absolute atomic E-state index is 11.3. The zero-order valence-corrected chi connectivity index (χ0v) is 14.9. The van der Waals surface area contributed by atoms with Gasteiger partial charge in [-0.2, -0.15) is 0 Å². The first-order valence-corrected chi connectivity index (χ1v) is 8.27. The number of amides is 1. The molecule has 2 rings (SSSR count). The van der Waals surface area contributed by atoms with Crippen LogP contribution >= 0.6 is 47.8 Å². The van der Waals surface area contributed by atoms with Crippen molar-refractivity contribution in [3.63, 3.8) is 0 Å². The molecule has 0 bridgehead atoms. The van der Waals surface area contributed by atoms with Crippen LogP contribution in [0.1, 0.15) is 12.8 Å². The van der Waals surface area contributed by atoms with Gasteiger partial charge in [0.05, 0.1) is 15.5 Å². The lowest BCUT2D eigenvalue weighted by Crippen LogP contribution is -2.43. The number of carbonyl (C=O) groups excluding carboxylic acids is 1. The van der Waals surface area contributed by atoms with Crippen molar-refractivity contribution in [3.05, 3.63) is 32.5 Å². The Morgan fingerprint density at radius 2 is 1.95 bits per heavy atom. The molecule has 1 aromatic rings. The van der Waals surface area contributed by atoms with E-state index in [-0.39, 0.29) is 12.0 Å². The summed E-state index contributed by atoms with van der Waals surface area (Å²) in [5.41, 5.74) is 0. The molecule has 1 amide bonds. The zero-order chi connectivity index (χ0) is 14.0. The number of piperidine rings is 1. The van der Waals surface area contributed by atoms with Crippen LogP contribution in [0.15, 0.2) is 25.6 Å². The van der Waals surface area contributed by atoms with Gasteiger partial charge in [0, 0.05) is 17.9 Å². The largest absolute Gasteiger partial charge is 0.486 e. The fourth-order valence-electron chi connectivity index (χ4n) is 2.07. The van der Waals surface area contributed by atoms with Crippen molar-refractivity contribution in [2.45, 2.75) is 18.9 Å². The predicted molar refractivity (Wildman–Crippen MR) is 85.1 cm³/mol. The molecule has 1 aliphatic rings. The SMILES string of the molecule is [CH2]C(=O)N1CCCC(Oc2c(Br)cc(Br)cc2Br)C1. The number of carbonyl (C=O) groups is 1. The summed E-state index contributed by atoms with van der Waals surface area (Å²) in [4.78, 5) is 13.0. The van der Waals surface area contributed by atoms with E-state index in [1.54, 1.807) is 4.90 Å². The molecular weight excluding hydrogens is 442 g/mol. The monoisotopic (exact) mass is 452 g/mol. The highest BCUT2D eigenvalue weighted by Crippen LogP contribution is 2.37. The van der Waals surface area contributed by atoms with Crippen LogP contribution < -0.4 is 4.74 Å². The minimum Gasteiger partial charge on any atom is -0.486 e. The third-order valence-corrected chi connectivity index (χ3v) is 4.61. The van der Waals surface area contributed by atoms with Crippen molar-refractivity contribution in [2.24, 2.45) is 0 Å². The smallest absolute Gasteiger partial charge is 0.223 e. The fraction of sp³-hybridized carbons (Fsp3) is 0.385. The molecule has 1 aliphatic heterocycles. The van der Waals surface area contributed by atoms with Gasteiger partial charge in [-0.05, 0) is 56.8 Å². The Kier molecular flexibility index (Phi) is 5.31. The van der Waals surface area contributed by atoms with Crippen molar-refractivity contribution in [1.82, 2.24) is 4.90 Å². The molecule has 1 fully saturated rings. The summed E-state index contributed by atoms with van der Waals surface area (Å²) >= 11 is 10.4. The van der Waals surface area contributed by atoms with E-state index in [9.17, 15) is 4.79 Å². The molecule has 3 nitrogen and oxygen atoms in total. The van der Waals surface area contributed by atoms with Crippen LogP contribution in [0.2, 0.25) is 0 Å². The molecule has 1 aromatic carbocycles. The second-order valence-electron chi connectivity index (χ2n) is 4.42. The molecule has 1 saturated heterocycles. The molecule has 0 aromatic heterocycles. The second kappa shape index (κ2) is 6.59. The van der Waals surface area contributed by atoms with Gasteiger partial charge in [-0.1, -0.05) is 15.9 Å². The molecule has 0 spiro atoms. The molecule has 1 radical (unpaired) electrons. The Bertz CT molecular complexity index is 470. The van der Waals surface area contributed by atoms with E-state index in [2.05, 4.69) is 54.7 Å². The third kappa shape index (κ3) is 3.95. The van der Waals surface area contributed by atoms with Gasteiger partial charge in [-0.15, -0.1) is 0 Å². The summed E-state index contributed by atoms with van der Waals surface area (Å²) in [6, 6.07) is 3.88. The van der Waals surface area contributed by atoms with E-state index in [0.29, 0.717) is 6.54 Å². The van der Waals surface area contributed by atoms with Gasteiger partial charge in [0.1, 0.15) is 11.9 Å². The lowest BCUT2D eigenvalue weighted by Gasteiger charge is -2.32. The molecule has 1 atom stereocenters. The van der Waals surface area contributed by atoms with E-state index < -0.39 is 0 Å². The van der Waals surface area contributed by atoms with Crippen molar-refractivity contribution in [1.29, 1.82) is 0 Å². The first kappa shape index (κ1) is 15.3. The molecule has 0 saturated carbocycles. The van der Waals surface area contributed by atoms with Crippen molar-refractivity contribution < 1.29 is 9.53 Å². The Morgan fingerprint density at radius 1 is 1.32 bits per heavy atom. The second-order valence-corrected chi connectivity index (χ2v) is 7.04. The van der Waals surface area contributed by atoms with Crippen LogP contribution in [0, 0.1) is 6.92 Å². The topological polar surface area (TPSA) is 29.5 Å². The predicted octanol–water partition coefficient (Wildman–Crippen LogP) is 4.18. The normalized spacial score (nSPS) is 19.4. The van der Waals surface area contributed by atoms with Crippen LogP contribution in [0.5, 0.6) is 5.75 Å². The number of rotatable bonds is 2. The number of likely N-dealkylation sites (tertiary alicyclic amines) is 1. The summed E-state index contributed by atoms with van der Waals surface area (Å²) in [7, 11) is 0. The number of halogens is 3. The van der Waals surface area contributed by atoms with Gasteiger partial charge in [0.2, 0.25) is 5.91 Å². The van der Waals surface area contributed by atoms with E-state index in [4.69, 9.17) is 4.74 Å². The maximum atomic E-state index is 11.3. The minimum absolute atomic E-state index is 0.00762. The average molecular weight is 455 g/mol. The number of hydrogen-bond acceptors (Lipinski definition) is 2. The molecule has 6 heteroatoms. The minimum atomic E-state index is -0.137. The average Bonchev–Trinajstić information content (AvgIpc) is 2.34. The van der Waals surface area contributed by atoms with E-state index in [0.717, 1.165) is 38.6 Å². The van der Waals surface area contributed by atoms with E-state index in [1.807, 2.05) is 12.1 Å². The van der Waals surface area contributed by atoms with Crippen LogP contribution in [0.25, 0.3) is 0 Å². The van der Waals surface area contributed by atoms with Crippen LogP contribution in [-0.4, -0.2) is 30.0 Å². The summed E-state index contributed by atoms with van der Waals surface area (Å²) in [5, 5.41) is 0. The first-order valence-electron chi connectivity index (χ1n) is 5.89. The lowest BCUT2D eigenvalue weighted by atomic mass is 10.1. The summed E-state index contributed by atoms with van der Waals surface area (Å²) in [6.07, 6.45) is 1.89. The molecule has 1 heterocycles. The molecule has 1 unspecified atom stereocenters. The van der Waals surface area contributed by atoms with Gasteiger partial charge in [-0.3, -0.25) is 4.79 Å². The lowest BCUT2D eigenvalue weighted by molar-refractivity contribution is -0.128. The molecule has 103 valence electrons. The quantitative estimate of drug-likeness (QED) is 0.671. The standard InChI is InChI=1S/C13H13Br3NO2/c1-8(18)17-4-2-3-10(7-17)19-13-11(15)5-9(14)6-12(13)16/h5-6,10H,1-4,7H2. The molecule has 19 heavy (non-hydrogen) atoms. The highest BCUT2D eigenvalue weighted by Gasteiger charge is 2.24. The highest BCUT2D eigenvalue weighted by molar-refractivity contribution is 9.11. The van der Waals surface area contributed by atoms with Crippen LogP contribution in [0.4, 0.5) is 0 Å². The first-order chi connectivity index (χ1) is 8.97. The van der Waals surface area contributed by atoms with Gasteiger partial charge >= 0.3 is 0 Å². The summed E-state index contributed by atoms with van der Waals surface area (Å²) < 4.78 is 8.75. The van der Waals surface area contributed by atoms with Crippen molar-refractivity contribution >= 4 is 53.7 Å². The van der Waals surface area contributed by atoms with Crippen LogP contribution in [0.3, 0.4) is 0 Å². The number of nitrogens with zero attached hydrogens (tertiary/aromatic N) is 1. The van der Waals surface area contributed by atoms with Gasteiger partial charge in [0.15, 0.2) is 0 Å².